The Kier molecular flexibility index (Phi) is 3.93. The normalized spacial score (nSPS) is 14.8. The highest BCUT2D eigenvalue weighted by molar-refractivity contribution is 7.09. The summed E-state index contributed by atoms with van der Waals surface area (Å²) in [6.07, 6.45) is 0.754. The third kappa shape index (κ3) is 3.07. The van der Waals surface area contributed by atoms with Gasteiger partial charge in [0.05, 0.1) is 6.54 Å². The van der Waals surface area contributed by atoms with Gasteiger partial charge in [0.15, 0.2) is 0 Å². The second-order valence-electron chi connectivity index (χ2n) is 3.82. The first-order valence-electron chi connectivity index (χ1n) is 5.54. The van der Waals surface area contributed by atoms with Gasteiger partial charge in [-0.2, -0.15) is 0 Å². The molecule has 2 rings (SSSR count). The summed E-state index contributed by atoms with van der Waals surface area (Å²) in [5.41, 5.74) is 0. The molecule has 18 heavy (non-hydrogen) atoms. The van der Waals surface area contributed by atoms with E-state index >= 15 is 0 Å². The van der Waals surface area contributed by atoms with Gasteiger partial charge in [-0.3, -0.25) is 14.5 Å². The third-order valence-corrected chi connectivity index (χ3v) is 3.45. The fourth-order valence-corrected chi connectivity index (χ4v) is 2.30. The highest BCUT2D eigenvalue weighted by atomic mass is 32.1. The minimum Gasteiger partial charge on any atom is -0.354 e. The van der Waals surface area contributed by atoms with Gasteiger partial charge in [-0.15, -0.1) is 11.3 Å². The fourth-order valence-electron chi connectivity index (χ4n) is 1.59. The number of amides is 4. The van der Waals surface area contributed by atoms with E-state index in [1.54, 1.807) is 11.3 Å². The first kappa shape index (κ1) is 12.6. The summed E-state index contributed by atoms with van der Waals surface area (Å²) in [5.74, 6) is -0.689. The predicted molar refractivity (Wildman–Crippen MR) is 66.1 cm³/mol. The van der Waals surface area contributed by atoms with Gasteiger partial charge in [0.1, 0.15) is 6.54 Å². The minimum atomic E-state index is -0.506. The molecule has 0 aliphatic carbocycles. The molecule has 4 amide bonds. The molecule has 1 aliphatic rings. The van der Waals surface area contributed by atoms with Crippen LogP contribution >= 0.6 is 11.3 Å². The Hall–Kier alpha value is -1.89. The molecular formula is C11H13N3O3S. The van der Waals surface area contributed by atoms with E-state index in [0.717, 1.165) is 11.3 Å². The zero-order valence-electron chi connectivity index (χ0n) is 9.64. The average molecular weight is 267 g/mol. The minimum absolute atomic E-state index is 0.0265. The largest absolute Gasteiger partial charge is 0.354 e. The molecule has 1 aromatic heterocycles. The Bertz CT molecular complexity index is 442. The molecule has 0 aromatic carbocycles. The molecule has 6 nitrogen and oxygen atoms in total. The molecule has 96 valence electrons. The van der Waals surface area contributed by atoms with Gasteiger partial charge in [-0.1, -0.05) is 6.07 Å². The number of carbonyl (C=O) groups excluding carboxylic acids is 3. The summed E-state index contributed by atoms with van der Waals surface area (Å²) >= 11 is 1.63. The number of hydrogen-bond donors (Lipinski definition) is 2. The zero-order valence-corrected chi connectivity index (χ0v) is 10.5. The predicted octanol–water partition coefficient (Wildman–Crippen LogP) is -0.0414. The highest BCUT2D eigenvalue weighted by Crippen LogP contribution is 2.08. The fraction of sp³-hybridized carbons (Fsp3) is 0.364. The molecule has 1 fully saturated rings. The van der Waals surface area contributed by atoms with Gasteiger partial charge >= 0.3 is 6.03 Å². The molecule has 0 saturated carbocycles. The van der Waals surface area contributed by atoms with Gasteiger partial charge in [0.2, 0.25) is 5.91 Å². The van der Waals surface area contributed by atoms with Crippen LogP contribution in [0.5, 0.6) is 0 Å². The number of thiophene rings is 1. The average Bonchev–Trinajstić information content (AvgIpc) is 2.94. The number of nitrogens with one attached hydrogen (secondary N) is 2. The molecule has 0 bridgehead atoms. The van der Waals surface area contributed by atoms with Gasteiger partial charge in [0, 0.05) is 11.4 Å². The monoisotopic (exact) mass is 267 g/mol. The summed E-state index contributed by atoms with van der Waals surface area (Å²) in [6.45, 7) is 0.263. The summed E-state index contributed by atoms with van der Waals surface area (Å²) in [7, 11) is 0. The Morgan fingerprint density at radius 1 is 1.50 bits per heavy atom. The van der Waals surface area contributed by atoms with E-state index in [-0.39, 0.29) is 24.9 Å². The number of hydrogen-bond acceptors (Lipinski definition) is 4. The maximum absolute atomic E-state index is 11.5. The maximum atomic E-state index is 11.5. The molecular weight excluding hydrogens is 254 g/mol. The number of imide groups is 1. The van der Waals surface area contributed by atoms with Gasteiger partial charge < -0.3 is 10.6 Å². The van der Waals surface area contributed by atoms with Gasteiger partial charge in [-0.25, -0.2) is 4.79 Å². The van der Waals surface area contributed by atoms with Crippen molar-refractivity contribution < 1.29 is 14.4 Å². The molecule has 7 heteroatoms. The topological polar surface area (TPSA) is 78.5 Å². The van der Waals surface area contributed by atoms with Crippen molar-refractivity contribution in [2.75, 3.05) is 19.6 Å². The van der Waals surface area contributed by atoms with Crippen LogP contribution in [-0.2, 0) is 16.0 Å². The summed E-state index contributed by atoms with van der Waals surface area (Å²) in [5, 5.41) is 7.02. The van der Waals surface area contributed by atoms with Crippen molar-refractivity contribution in [3.63, 3.8) is 0 Å². The Morgan fingerprint density at radius 3 is 2.94 bits per heavy atom. The van der Waals surface area contributed by atoms with Crippen LogP contribution in [0.3, 0.4) is 0 Å². The van der Waals surface area contributed by atoms with E-state index in [1.807, 2.05) is 17.5 Å². The van der Waals surface area contributed by atoms with Gasteiger partial charge in [0.25, 0.3) is 5.91 Å². The molecule has 1 aliphatic heterocycles. The molecule has 1 saturated heterocycles. The lowest BCUT2D eigenvalue weighted by Gasteiger charge is -2.11. The van der Waals surface area contributed by atoms with E-state index < -0.39 is 6.03 Å². The number of carbonyl (C=O) groups is 3. The van der Waals surface area contributed by atoms with Crippen LogP contribution in [0.1, 0.15) is 4.88 Å². The maximum Gasteiger partial charge on any atom is 0.325 e. The summed E-state index contributed by atoms with van der Waals surface area (Å²) in [6, 6.07) is 3.44. The van der Waals surface area contributed by atoms with E-state index in [1.165, 1.54) is 4.88 Å². The second kappa shape index (κ2) is 5.63. The van der Waals surface area contributed by atoms with Crippen molar-refractivity contribution in [3.8, 4) is 0 Å². The zero-order chi connectivity index (χ0) is 13.0. The Labute approximate surface area is 108 Å². The van der Waals surface area contributed by atoms with Crippen molar-refractivity contribution in [1.82, 2.24) is 15.5 Å². The number of nitrogens with zero attached hydrogens (tertiary/aromatic N) is 1. The van der Waals surface area contributed by atoms with Crippen LogP contribution in [0.4, 0.5) is 4.79 Å². The van der Waals surface area contributed by atoms with Crippen molar-refractivity contribution in [2.24, 2.45) is 0 Å². The smallest absolute Gasteiger partial charge is 0.325 e. The van der Waals surface area contributed by atoms with Crippen LogP contribution in [0.25, 0.3) is 0 Å². The first-order chi connectivity index (χ1) is 8.66. The van der Waals surface area contributed by atoms with Crippen LogP contribution < -0.4 is 10.6 Å². The van der Waals surface area contributed by atoms with Crippen molar-refractivity contribution >= 4 is 29.2 Å². The third-order valence-electron chi connectivity index (χ3n) is 2.51. The number of rotatable bonds is 5. The SMILES string of the molecule is O=C(CN1C(=O)CNC1=O)NCCc1cccs1. The lowest BCUT2D eigenvalue weighted by atomic mass is 10.3. The Morgan fingerprint density at radius 2 is 2.33 bits per heavy atom. The lowest BCUT2D eigenvalue weighted by molar-refractivity contribution is -0.130. The molecule has 0 atom stereocenters. The second-order valence-corrected chi connectivity index (χ2v) is 4.85. The van der Waals surface area contributed by atoms with Crippen molar-refractivity contribution in [2.45, 2.75) is 6.42 Å². The van der Waals surface area contributed by atoms with Gasteiger partial charge in [-0.05, 0) is 17.9 Å². The van der Waals surface area contributed by atoms with Crippen LogP contribution in [-0.4, -0.2) is 42.4 Å². The van der Waals surface area contributed by atoms with Crippen LogP contribution in [0.15, 0.2) is 17.5 Å². The van der Waals surface area contributed by atoms with Crippen molar-refractivity contribution in [3.05, 3.63) is 22.4 Å². The van der Waals surface area contributed by atoms with Crippen LogP contribution in [0.2, 0.25) is 0 Å². The summed E-state index contributed by atoms with van der Waals surface area (Å²) < 4.78 is 0. The van der Waals surface area contributed by atoms with E-state index in [9.17, 15) is 14.4 Å². The van der Waals surface area contributed by atoms with Crippen molar-refractivity contribution in [1.29, 1.82) is 0 Å². The molecule has 2 heterocycles. The summed E-state index contributed by atoms with van der Waals surface area (Å²) in [4.78, 5) is 36.1. The molecule has 0 radical (unpaired) electrons. The quantitative estimate of drug-likeness (QED) is 0.735. The molecule has 1 aromatic rings. The number of urea groups is 1. The Balaban J connectivity index is 1.72. The molecule has 0 unspecified atom stereocenters. The highest BCUT2D eigenvalue weighted by Gasteiger charge is 2.29. The van der Waals surface area contributed by atoms with Crippen LogP contribution in [0, 0.1) is 0 Å². The first-order valence-corrected chi connectivity index (χ1v) is 6.42. The standard InChI is InChI=1S/C11H13N3O3S/c15-9(7-14-10(16)6-13-11(14)17)12-4-3-8-2-1-5-18-8/h1-2,5H,3-4,6-7H2,(H,12,15)(H,13,17). The molecule has 2 N–H and O–H groups in total. The van der Waals surface area contributed by atoms with E-state index in [2.05, 4.69) is 10.6 Å². The van der Waals surface area contributed by atoms with E-state index in [4.69, 9.17) is 0 Å². The molecule has 0 spiro atoms. The lowest BCUT2D eigenvalue weighted by Crippen LogP contribution is -2.41. The van der Waals surface area contributed by atoms with E-state index in [0.29, 0.717) is 6.54 Å².